The van der Waals surface area contributed by atoms with Crippen LogP contribution in [0, 0.1) is 6.92 Å². The van der Waals surface area contributed by atoms with Crippen LogP contribution in [-0.2, 0) is 21.4 Å². The molecule has 2 aliphatic rings. The van der Waals surface area contributed by atoms with Gasteiger partial charge >= 0.3 is 5.97 Å². The highest BCUT2D eigenvalue weighted by atomic mass is 32.2. The molecule has 11 heteroatoms. The number of carboxylic acids is 1. The van der Waals surface area contributed by atoms with Crippen molar-refractivity contribution < 1.29 is 19.5 Å². The van der Waals surface area contributed by atoms with Crippen molar-refractivity contribution in [3.63, 3.8) is 0 Å². The molecule has 32 heavy (non-hydrogen) atoms. The molecule has 4 rings (SSSR count). The van der Waals surface area contributed by atoms with E-state index in [1.807, 2.05) is 24.6 Å². The first kappa shape index (κ1) is 22.4. The highest BCUT2D eigenvalue weighted by Gasteiger charge is 2.54. The summed E-state index contributed by atoms with van der Waals surface area (Å²) >= 11 is 2.87. The second-order valence-corrected chi connectivity index (χ2v) is 9.62. The summed E-state index contributed by atoms with van der Waals surface area (Å²) in [6.07, 6.45) is 1.76. The third-order valence-electron chi connectivity index (χ3n) is 5.54. The normalized spacial score (nSPS) is 21.1. The van der Waals surface area contributed by atoms with Gasteiger partial charge < -0.3 is 20.7 Å². The summed E-state index contributed by atoms with van der Waals surface area (Å²) in [5.74, 6) is -1.21. The van der Waals surface area contributed by atoms with Gasteiger partial charge in [0, 0.05) is 30.4 Å². The Morgan fingerprint density at radius 2 is 2.09 bits per heavy atom. The fourth-order valence-corrected chi connectivity index (χ4v) is 6.09. The number of carboxylic acid groups (broad SMARTS) is 1. The van der Waals surface area contributed by atoms with Crippen LogP contribution in [0.4, 0.5) is 0 Å². The molecule has 168 valence electrons. The standard InChI is InChI=1S/C21H23N5O4S2/c1-11-8-23-21(25(11)2)32-10-13-9-31-19-15(18(28)26(19)16(13)20(29)30)24-17(27)14(22)12-6-4-3-5-7-12/h3-8,14-15,19H,9-10,22H2,1-2H3,(H,24,27)(H,29,30)/t14?,15?,19-/m0/s1. The number of hydrogen-bond acceptors (Lipinski definition) is 7. The zero-order valence-electron chi connectivity index (χ0n) is 17.5. The van der Waals surface area contributed by atoms with Crippen molar-refractivity contribution in [2.24, 2.45) is 12.8 Å². The van der Waals surface area contributed by atoms with Gasteiger partial charge in [-0.2, -0.15) is 0 Å². The molecule has 2 amide bonds. The minimum Gasteiger partial charge on any atom is -0.477 e. The van der Waals surface area contributed by atoms with Gasteiger partial charge in [0.15, 0.2) is 5.16 Å². The molecule has 0 radical (unpaired) electrons. The van der Waals surface area contributed by atoms with Gasteiger partial charge in [-0.25, -0.2) is 9.78 Å². The smallest absolute Gasteiger partial charge is 0.352 e. The quantitative estimate of drug-likeness (QED) is 0.405. The Balaban J connectivity index is 1.46. The van der Waals surface area contributed by atoms with Crippen LogP contribution in [0.5, 0.6) is 0 Å². The zero-order valence-corrected chi connectivity index (χ0v) is 19.2. The first-order valence-corrected chi connectivity index (χ1v) is 11.9. The van der Waals surface area contributed by atoms with E-state index in [2.05, 4.69) is 10.3 Å². The third-order valence-corrected chi connectivity index (χ3v) is 8.01. The number of nitrogens with zero attached hydrogens (tertiary/aromatic N) is 3. The van der Waals surface area contributed by atoms with E-state index in [1.165, 1.54) is 28.4 Å². The maximum atomic E-state index is 12.8. The van der Waals surface area contributed by atoms with Crippen molar-refractivity contribution in [3.8, 4) is 0 Å². The minimum absolute atomic E-state index is 0.00459. The number of hydrogen-bond donors (Lipinski definition) is 3. The van der Waals surface area contributed by atoms with E-state index in [4.69, 9.17) is 5.73 Å². The lowest BCUT2D eigenvalue weighted by molar-refractivity contribution is -0.150. The summed E-state index contributed by atoms with van der Waals surface area (Å²) in [7, 11) is 1.90. The zero-order chi connectivity index (χ0) is 23.0. The van der Waals surface area contributed by atoms with Crippen LogP contribution in [0.1, 0.15) is 17.3 Å². The van der Waals surface area contributed by atoms with Crippen LogP contribution in [-0.4, -0.2) is 60.3 Å². The first-order valence-electron chi connectivity index (χ1n) is 9.91. The third kappa shape index (κ3) is 4.03. The molecule has 2 aliphatic heterocycles. The summed E-state index contributed by atoms with van der Waals surface area (Å²) in [4.78, 5) is 43.0. The van der Waals surface area contributed by atoms with E-state index in [9.17, 15) is 19.5 Å². The number of amides is 2. The Morgan fingerprint density at radius 3 is 2.72 bits per heavy atom. The maximum absolute atomic E-state index is 12.8. The van der Waals surface area contributed by atoms with E-state index in [1.54, 1.807) is 30.5 Å². The van der Waals surface area contributed by atoms with Crippen LogP contribution in [0.2, 0.25) is 0 Å². The summed E-state index contributed by atoms with van der Waals surface area (Å²) < 4.78 is 1.93. The van der Waals surface area contributed by atoms with Crippen molar-refractivity contribution in [2.45, 2.75) is 29.5 Å². The fourth-order valence-electron chi connectivity index (χ4n) is 3.61. The van der Waals surface area contributed by atoms with Gasteiger partial charge in [0.1, 0.15) is 23.2 Å². The van der Waals surface area contributed by atoms with Crippen molar-refractivity contribution in [1.82, 2.24) is 19.8 Å². The van der Waals surface area contributed by atoms with Crippen LogP contribution in [0.25, 0.3) is 0 Å². The summed E-state index contributed by atoms with van der Waals surface area (Å²) in [5.41, 5.74) is 8.32. The molecule has 3 heterocycles. The Labute approximate surface area is 193 Å². The van der Waals surface area contributed by atoms with Crippen LogP contribution in [0.3, 0.4) is 0 Å². The molecule has 3 atom stereocenters. The van der Waals surface area contributed by atoms with Gasteiger partial charge in [-0.3, -0.25) is 14.5 Å². The Bertz CT molecular complexity index is 1100. The van der Waals surface area contributed by atoms with E-state index < -0.39 is 35.2 Å². The van der Waals surface area contributed by atoms with E-state index in [0.717, 1.165) is 10.9 Å². The number of aliphatic carboxylic acids is 1. The Kier molecular flexibility index (Phi) is 6.31. The number of benzene rings is 1. The average Bonchev–Trinajstić information content (AvgIpc) is 3.12. The second-order valence-electron chi connectivity index (χ2n) is 7.57. The van der Waals surface area contributed by atoms with Crippen molar-refractivity contribution in [1.29, 1.82) is 0 Å². The molecule has 2 unspecified atom stereocenters. The maximum Gasteiger partial charge on any atom is 0.352 e. The van der Waals surface area contributed by atoms with Gasteiger partial charge in [-0.05, 0) is 18.1 Å². The summed E-state index contributed by atoms with van der Waals surface area (Å²) in [6.45, 7) is 1.94. The number of thioether (sulfide) groups is 2. The number of nitrogens with one attached hydrogen (secondary N) is 1. The van der Waals surface area contributed by atoms with Crippen molar-refractivity contribution >= 4 is 41.3 Å². The molecule has 2 aromatic rings. The second kappa shape index (κ2) is 9.00. The lowest BCUT2D eigenvalue weighted by Crippen LogP contribution is -2.71. The monoisotopic (exact) mass is 473 g/mol. The lowest BCUT2D eigenvalue weighted by Gasteiger charge is -2.49. The topological polar surface area (TPSA) is 131 Å². The lowest BCUT2D eigenvalue weighted by atomic mass is 10.0. The van der Waals surface area contributed by atoms with Crippen LogP contribution >= 0.6 is 23.5 Å². The number of aryl methyl sites for hydroxylation is 1. The summed E-state index contributed by atoms with van der Waals surface area (Å²) in [6, 6.07) is 7.17. The fraction of sp³-hybridized carbons (Fsp3) is 0.333. The van der Waals surface area contributed by atoms with Gasteiger partial charge in [-0.1, -0.05) is 42.1 Å². The molecule has 1 aromatic carbocycles. The number of imidazole rings is 1. The number of nitrogens with two attached hydrogens (primary N) is 1. The number of rotatable bonds is 7. The number of fused-ring (bicyclic) bond motifs is 1. The molecule has 0 saturated carbocycles. The molecule has 1 aromatic heterocycles. The van der Waals surface area contributed by atoms with Crippen molar-refractivity contribution in [2.75, 3.05) is 11.5 Å². The van der Waals surface area contributed by atoms with Gasteiger partial charge in [0.25, 0.3) is 5.91 Å². The number of carbonyl (C=O) groups excluding carboxylic acids is 2. The molecule has 4 N–H and O–H groups in total. The number of carbonyl (C=O) groups is 3. The SMILES string of the molecule is Cc1cnc(SCC2=C(C(=O)O)N3C(=O)C(NC(=O)C(N)c4ccccc4)[C@@H]3SC2)n1C. The molecule has 9 nitrogen and oxygen atoms in total. The molecule has 0 aliphatic carbocycles. The summed E-state index contributed by atoms with van der Waals surface area (Å²) in [5, 5.41) is 12.8. The average molecular weight is 474 g/mol. The van der Waals surface area contributed by atoms with Crippen LogP contribution in [0.15, 0.2) is 53.0 Å². The highest BCUT2D eigenvalue weighted by molar-refractivity contribution is 8.01. The van der Waals surface area contributed by atoms with E-state index in [-0.39, 0.29) is 5.70 Å². The van der Waals surface area contributed by atoms with Gasteiger partial charge in [-0.15, -0.1) is 11.8 Å². The predicted octanol–water partition coefficient (Wildman–Crippen LogP) is 1.26. The molecule has 1 fully saturated rings. The number of aromatic nitrogens is 2. The van der Waals surface area contributed by atoms with Gasteiger partial charge in [0.05, 0.1) is 0 Å². The van der Waals surface area contributed by atoms with Gasteiger partial charge in [0.2, 0.25) is 5.91 Å². The van der Waals surface area contributed by atoms with Crippen LogP contribution < -0.4 is 11.1 Å². The number of β-lactam (4-membered cyclic amide) rings is 1. The molecular weight excluding hydrogens is 450 g/mol. The largest absolute Gasteiger partial charge is 0.477 e. The molecule has 1 saturated heterocycles. The first-order chi connectivity index (χ1) is 15.3. The molecule has 0 bridgehead atoms. The van der Waals surface area contributed by atoms with Crippen molar-refractivity contribution in [3.05, 3.63) is 59.1 Å². The highest BCUT2D eigenvalue weighted by Crippen LogP contribution is 2.41. The Morgan fingerprint density at radius 1 is 1.38 bits per heavy atom. The molecule has 0 spiro atoms. The predicted molar refractivity (Wildman–Crippen MR) is 122 cm³/mol. The minimum atomic E-state index is -1.15. The Hall–Kier alpha value is -2.76. The molecular formula is C21H23N5O4S2. The van der Waals surface area contributed by atoms with E-state index in [0.29, 0.717) is 22.6 Å². The van der Waals surface area contributed by atoms with E-state index >= 15 is 0 Å².